The molecular formula is C23H27N3O3. The van der Waals surface area contributed by atoms with Crippen LogP contribution in [0.4, 0.5) is 10.5 Å². The first-order valence-electron chi connectivity index (χ1n) is 10.3. The number of piperidine rings is 1. The third-order valence-electron chi connectivity index (χ3n) is 5.69. The van der Waals surface area contributed by atoms with Gasteiger partial charge in [-0.25, -0.2) is 4.79 Å². The van der Waals surface area contributed by atoms with Crippen LogP contribution in [-0.2, 0) is 11.3 Å². The van der Waals surface area contributed by atoms with Crippen molar-refractivity contribution in [1.82, 2.24) is 10.2 Å². The van der Waals surface area contributed by atoms with Crippen LogP contribution in [0.15, 0.2) is 54.6 Å². The lowest BCUT2D eigenvalue weighted by molar-refractivity contribution is 0.0935. The highest BCUT2D eigenvalue weighted by molar-refractivity contribution is 5.97. The van der Waals surface area contributed by atoms with E-state index in [0.29, 0.717) is 36.9 Å². The van der Waals surface area contributed by atoms with Crippen molar-refractivity contribution < 1.29 is 14.3 Å². The van der Waals surface area contributed by atoms with Gasteiger partial charge in [-0.15, -0.1) is 0 Å². The molecule has 2 fully saturated rings. The summed E-state index contributed by atoms with van der Waals surface area (Å²) in [6.45, 7) is 4.70. The van der Waals surface area contributed by atoms with Crippen LogP contribution < -0.4 is 10.2 Å². The fourth-order valence-electron chi connectivity index (χ4n) is 3.97. The molecule has 152 valence electrons. The lowest BCUT2D eigenvalue weighted by Gasteiger charge is -2.32. The van der Waals surface area contributed by atoms with Crippen molar-refractivity contribution in [2.24, 2.45) is 5.92 Å². The Hall–Kier alpha value is -2.86. The Bertz CT molecular complexity index is 847. The number of amides is 2. The zero-order valence-electron chi connectivity index (χ0n) is 16.5. The van der Waals surface area contributed by atoms with E-state index in [2.05, 4.69) is 34.5 Å². The van der Waals surface area contributed by atoms with Crippen LogP contribution in [-0.4, -0.2) is 49.7 Å². The number of nitrogens with zero attached hydrogens (tertiary/aromatic N) is 2. The predicted molar refractivity (Wildman–Crippen MR) is 112 cm³/mol. The Morgan fingerprint density at radius 1 is 1.03 bits per heavy atom. The van der Waals surface area contributed by atoms with E-state index in [0.717, 1.165) is 32.5 Å². The molecule has 0 unspecified atom stereocenters. The van der Waals surface area contributed by atoms with Crippen molar-refractivity contribution >= 4 is 17.7 Å². The molecule has 2 heterocycles. The van der Waals surface area contributed by atoms with E-state index in [1.54, 1.807) is 23.1 Å². The standard InChI is InChI=1S/C23H27N3O3/c27-22(20-7-4-8-21(15-20)26-13-14-29-23(26)28)24-16-18-9-11-25(12-10-18)17-19-5-2-1-3-6-19/h1-8,15,18H,9-14,16-17H2,(H,24,27). The Morgan fingerprint density at radius 2 is 1.83 bits per heavy atom. The number of nitrogens with one attached hydrogen (secondary N) is 1. The summed E-state index contributed by atoms with van der Waals surface area (Å²) in [5.74, 6) is 0.411. The Morgan fingerprint density at radius 3 is 2.55 bits per heavy atom. The lowest BCUT2D eigenvalue weighted by Crippen LogP contribution is -2.38. The average Bonchev–Trinajstić information content (AvgIpc) is 3.20. The number of hydrogen-bond acceptors (Lipinski definition) is 4. The average molecular weight is 393 g/mol. The van der Waals surface area contributed by atoms with Crippen molar-refractivity contribution in [1.29, 1.82) is 0 Å². The molecule has 0 bridgehead atoms. The van der Waals surface area contributed by atoms with Gasteiger partial charge in [0, 0.05) is 24.3 Å². The van der Waals surface area contributed by atoms with Crippen LogP contribution in [0.3, 0.4) is 0 Å². The third-order valence-corrected chi connectivity index (χ3v) is 5.69. The van der Waals surface area contributed by atoms with Crippen molar-refractivity contribution in [3.05, 3.63) is 65.7 Å². The van der Waals surface area contributed by atoms with E-state index in [9.17, 15) is 9.59 Å². The SMILES string of the molecule is O=C(NCC1CCN(Cc2ccccc2)CC1)c1cccc(N2CCOC2=O)c1. The van der Waals surface area contributed by atoms with E-state index in [-0.39, 0.29) is 12.0 Å². The second-order valence-electron chi connectivity index (χ2n) is 7.73. The summed E-state index contributed by atoms with van der Waals surface area (Å²) in [5.41, 5.74) is 2.62. The smallest absolute Gasteiger partial charge is 0.414 e. The monoisotopic (exact) mass is 393 g/mol. The van der Waals surface area contributed by atoms with E-state index < -0.39 is 0 Å². The minimum absolute atomic E-state index is 0.0915. The second-order valence-corrected chi connectivity index (χ2v) is 7.73. The lowest BCUT2D eigenvalue weighted by atomic mass is 9.96. The van der Waals surface area contributed by atoms with Gasteiger partial charge in [-0.1, -0.05) is 36.4 Å². The van der Waals surface area contributed by atoms with Gasteiger partial charge in [0.1, 0.15) is 6.61 Å². The van der Waals surface area contributed by atoms with Crippen LogP contribution >= 0.6 is 0 Å². The second kappa shape index (κ2) is 9.09. The van der Waals surface area contributed by atoms with Crippen molar-refractivity contribution in [3.8, 4) is 0 Å². The molecule has 2 aromatic rings. The van der Waals surface area contributed by atoms with E-state index in [1.165, 1.54) is 5.56 Å². The summed E-state index contributed by atoms with van der Waals surface area (Å²) in [6.07, 6.45) is 1.82. The van der Waals surface area contributed by atoms with Gasteiger partial charge in [0.25, 0.3) is 5.91 Å². The topological polar surface area (TPSA) is 61.9 Å². The number of cyclic esters (lactones) is 1. The normalized spacial score (nSPS) is 17.9. The summed E-state index contributed by atoms with van der Waals surface area (Å²) < 4.78 is 4.98. The summed E-state index contributed by atoms with van der Waals surface area (Å²) >= 11 is 0. The first-order chi connectivity index (χ1) is 14.2. The van der Waals surface area contributed by atoms with Crippen LogP contribution in [0.1, 0.15) is 28.8 Å². The highest BCUT2D eigenvalue weighted by Gasteiger charge is 2.24. The molecule has 2 aromatic carbocycles. The summed E-state index contributed by atoms with van der Waals surface area (Å²) in [7, 11) is 0. The molecule has 6 heteroatoms. The van der Waals surface area contributed by atoms with Crippen LogP contribution in [0.5, 0.6) is 0 Å². The number of benzene rings is 2. The maximum Gasteiger partial charge on any atom is 0.414 e. The van der Waals surface area contributed by atoms with Gasteiger partial charge in [-0.2, -0.15) is 0 Å². The van der Waals surface area contributed by atoms with Crippen molar-refractivity contribution in [2.75, 3.05) is 37.7 Å². The van der Waals surface area contributed by atoms with Gasteiger partial charge in [0.05, 0.1) is 6.54 Å². The van der Waals surface area contributed by atoms with Crippen molar-refractivity contribution in [3.63, 3.8) is 0 Å². The molecule has 0 spiro atoms. The first-order valence-corrected chi connectivity index (χ1v) is 10.3. The molecule has 1 N–H and O–H groups in total. The van der Waals surface area contributed by atoms with E-state index in [1.807, 2.05) is 12.1 Å². The number of likely N-dealkylation sites (tertiary alicyclic amines) is 1. The van der Waals surface area contributed by atoms with Gasteiger partial charge in [-0.05, 0) is 55.6 Å². The fourth-order valence-corrected chi connectivity index (χ4v) is 3.97. The van der Waals surface area contributed by atoms with E-state index >= 15 is 0 Å². The van der Waals surface area contributed by atoms with Gasteiger partial charge >= 0.3 is 6.09 Å². The quantitative estimate of drug-likeness (QED) is 0.818. The zero-order chi connectivity index (χ0) is 20.1. The van der Waals surface area contributed by atoms with Crippen LogP contribution in [0, 0.1) is 5.92 Å². The predicted octanol–water partition coefficient (Wildman–Crippen LogP) is 3.29. The third kappa shape index (κ3) is 4.95. The number of ether oxygens (including phenoxy) is 1. The summed E-state index contributed by atoms with van der Waals surface area (Å²) in [6, 6.07) is 17.7. The molecule has 2 saturated heterocycles. The Labute approximate surface area is 171 Å². The molecule has 4 rings (SSSR count). The molecule has 2 amide bonds. The Balaban J connectivity index is 1.25. The van der Waals surface area contributed by atoms with Gasteiger partial charge in [0.2, 0.25) is 0 Å². The molecule has 29 heavy (non-hydrogen) atoms. The molecule has 0 saturated carbocycles. The van der Waals surface area contributed by atoms with Crippen molar-refractivity contribution in [2.45, 2.75) is 19.4 Å². The molecule has 0 aromatic heterocycles. The molecular weight excluding hydrogens is 366 g/mol. The molecule has 2 aliphatic heterocycles. The molecule has 0 atom stereocenters. The zero-order valence-corrected chi connectivity index (χ0v) is 16.5. The highest BCUT2D eigenvalue weighted by Crippen LogP contribution is 2.21. The van der Waals surface area contributed by atoms with Crippen LogP contribution in [0.25, 0.3) is 0 Å². The number of carbonyl (C=O) groups excluding carboxylic acids is 2. The number of hydrogen-bond donors (Lipinski definition) is 1. The molecule has 2 aliphatic rings. The first kappa shape index (κ1) is 19.5. The minimum atomic E-state index is -0.357. The largest absolute Gasteiger partial charge is 0.447 e. The van der Waals surface area contributed by atoms with E-state index in [4.69, 9.17) is 4.74 Å². The maximum atomic E-state index is 12.6. The highest BCUT2D eigenvalue weighted by atomic mass is 16.6. The van der Waals surface area contributed by atoms with Gasteiger partial charge in [-0.3, -0.25) is 14.6 Å². The molecule has 0 aliphatic carbocycles. The number of rotatable bonds is 6. The van der Waals surface area contributed by atoms with Gasteiger partial charge in [0.15, 0.2) is 0 Å². The maximum absolute atomic E-state index is 12.6. The number of anilines is 1. The minimum Gasteiger partial charge on any atom is -0.447 e. The number of carbonyl (C=O) groups is 2. The molecule has 0 radical (unpaired) electrons. The van der Waals surface area contributed by atoms with Crippen LogP contribution in [0.2, 0.25) is 0 Å². The molecule has 6 nitrogen and oxygen atoms in total. The van der Waals surface area contributed by atoms with Gasteiger partial charge < -0.3 is 10.1 Å². The Kier molecular flexibility index (Phi) is 6.10. The summed E-state index contributed by atoms with van der Waals surface area (Å²) in [5, 5.41) is 3.07. The fraction of sp³-hybridized carbons (Fsp3) is 0.391. The summed E-state index contributed by atoms with van der Waals surface area (Å²) in [4.78, 5) is 28.3.